The van der Waals surface area contributed by atoms with E-state index in [0.29, 0.717) is 11.9 Å². The quantitative estimate of drug-likeness (QED) is 0.841. The minimum Gasteiger partial charge on any atom is -0.490 e. The van der Waals surface area contributed by atoms with Crippen molar-refractivity contribution >= 4 is 15.9 Å². The van der Waals surface area contributed by atoms with Gasteiger partial charge in [-0.25, -0.2) is 0 Å². The molecule has 0 bridgehead atoms. The van der Waals surface area contributed by atoms with E-state index in [0.717, 1.165) is 16.9 Å². The summed E-state index contributed by atoms with van der Waals surface area (Å²) >= 11 is 3.20. The number of hydrogen-bond donors (Lipinski definition) is 1. The van der Waals surface area contributed by atoms with Crippen molar-refractivity contribution in [1.29, 1.82) is 0 Å². The monoisotopic (exact) mass is 258 g/mol. The molecular weight excluding hydrogens is 244 g/mol. The maximum absolute atomic E-state index is 9.33. The van der Waals surface area contributed by atoms with E-state index in [-0.39, 0.29) is 0 Å². The zero-order chi connectivity index (χ0) is 10.6. The lowest BCUT2D eigenvalue weighted by molar-refractivity contribution is 0.126. The van der Waals surface area contributed by atoms with Crippen molar-refractivity contribution in [3.8, 4) is 5.75 Å². The van der Waals surface area contributed by atoms with Gasteiger partial charge in [0.25, 0.3) is 0 Å². The molecule has 0 saturated heterocycles. The number of halogens is 1. The summed E-state index contributed by atoms with van der Waals surface area (Å²) in [4.78, 5) is 0. The average Bonchev–Trinajstić information content (AvgIpc) is 2.16. The smallest absolute Gasteiger partial charge is 0.125 e. The summed E-state index contributed by atoms with van der Waals surface area (Å²) in [6.07, 6.45) is -0.450. The van der Waals surface area contributed by atoms with Crippen molar-refractivity contribution in [1.82, 2.24) is 0 Å². The number of benzene rings is 1. The Morgan fingerprint density at radius 1 is 1.36 bits per heavy atom. The van der Waals surface area contributed by atoms with E-state index in [1.807, 2.05) is 32.0 Å². The summed E-state index contributed by atoms with van der Waals surface area (Å²) in [5.41, 5.74) is 2.21. The molecule has 1 rings (SSSR count). The summed E-state index contributed by atoms with van der Waals surface area (Å²) in [7, 11) is 0. The van der Waals surface area contributed by atoms with Crippen LogP contribution in [0.1, 0.15) is 11.1 Å². The molecule has 78 valence electrons. The van der Waals surface area contributed by atoms with E-state index in [2.05, 4.69) is 15.9 Å². The first kappa shape index (κ1) is 11.5. The largest absolute Gasteiger partial charge is 0.490 e. The Morgan fingerprint density at radius 2 is 1.93 bits per heavy atom. The van der Waals surface area contributed by atoms with Crippen LogP contribution in [0.3, 0.4) is 0 Å². The van der Waals surface area contributed by atoms with Crippen molar-refractivity contribution in [3.63, 3.8) is 0 Å². The minimum absolute atomic E-state index is 0.330. The molecule has 0 aliphatic carbocycles. The molecule has 0 aromatic heterocycles. The predicted octanol–water partition coefficient (Wildman–Crippen LogP) is 2.44. The first-order valence-corrected chi connectivity index (χ1v) is 5.70. The number of para-hydroxylation sites is 1. The van der Waals surface area contributed by atoms with Gasteiger partial charge in [-0.2, -0.15) is 0 Å². The molecule has 0 aliphatic rings. The molecule has 0 radical (unpaired) electrons. The van der Waals surface area contributed by atoms with E-state index in [1.165, 1.54) is 0 Å². The van der Waals surface area contributed by atoms with Crippen LogP contribution in [0.2, 0.25) is 0 Å². The van der Waals surface area contributed by atoms with Crippen LogP contribution in [-0.2, 0) is 0 Å². The van der Waals surface area contributed by atoms with Gasteiger partial charge in [0.2, 0.25) is 0 Å². The predicted molar refractivity (Wildman–Crippen MR) is 61.2 cm³/mol. The van der Waals surface area contributed by atoms with Crippen LogP contribution in [0.5, 0.6) is 5.75 Å². The number of rotatable bonds is 4. The fourth-order valence-corrected chi connectivity index (χ4v) is 1.44. The lowest BCUT2D eigenvalue weighted by Gasteiger charge is -2.13. The molecule has 1 atom stereocenters. The average molecular weight is 259 g/mol. The van der Waals surface area contributed by atoms with Crippen LogP contribution in [0.15, 0.2) is 18.2 Å². The van der Waals surface area contributed by atoms with Crippen molar-refractivity contribution in [3.05, 3.63) is 29.3 Å². The van der Waals surface area contributed by atoms with Gasteiger partial charge in [0.15, 0.2) is 0 Å². The molecule has 0 unspecified atom stereocenters. The summed E-state index contributed by atoms with van der Waals surface area (Å²) in [6, 6.07) is 6.00. The fraction of sp³-hybridized carbons (Fsp3) is 0.455. The lowest BCUT2D eigenvalue weighted by atomic mass is 10.1. The number of hydrogen-bond acceptors (Lipinski definition) is 2. The second kappa shape index (κ2) is 5.37. The highest BCUT2D eigenvalue weighted by atomic mass is 79.9. The zero-order valence-corrected chi connectivity index (χ0v) is 10.0. The van der Waals surface area contributed by atoms with E-state index in [9.17, 15) is 5.11 Å². The molecule has 14 heavy (non-hydrogen) atoms. The normalized spacial score (nSPS) is 12.6. The maximum atomic E-state index is 9.33. The van der Waals surface area contributed by atoms with Gasteiger partial charge in [-0.15, -0.1) is 0 Å². The van der Waals surface area contributed by atoms with Gasteiger partial charge in [-0.05, 0) is 25.0 Å². The lowest BCUT2D eigenvalue weighted by Crippen LogP contribution is -2.19. The molecular formula is C11H15BrO2. The van der Waals surface area contributed by atoms with Gasteiger partial charge in [0.1, 0.15) is 12.4 Å². The van der Waals surface area contributed by atoms with Gasteiger partial charge >= 0.3 is 0 Å². The van der Waals surface area contributed by atoms with Crippen LogP contribution in [0, 0.1) is 13.8 Å². The minimum atomic E-state index is -0.450. The first-order valence-electron chi connectivity index (χ1n) is 4.58. The Bertz CT molecular complexity index is 279. The molecule has 0 saturated carbocycles. The molecule has 0 spiro atoms. The second-order valence-corrected chi connectivity index (χ2v) is 3.99. The van der Waals surface area contributed by atoms with Gasteiger partial charge in [0.05, 0.1) is 6.10 Å². The van der Waals surface area contributed by atoms with E-state index in [4.69, 9.17) is 4.74 Å². The van der Waals surface area contributed by atoms with Crippen molar-refractivity contribution in [2.45, 2.75) is 20.0 Å². The standard InChI is InChI=1S/C11H15BrO2/c1-8-4-3-5-9(2)11(8)14-7-10(13)6-12/h3-5,10,13H,6-7H2,1-2H3/t10-/m0/s1. The Balaban J connectivity index is 2.66. The zero-order valence-electron chi connectivity index (χ0n) is 8.46. The third-order valence-electron chi connectivity index (χ3n) is 2.01. The number of aliphatic hydroxyl groups is 1. The highest BCUT2D eigenvalue weighted by molar-refractivity contribution is 9.09. The van der Waals surface area contributed by atoms with Crippen LogP contribution < -0.4 is 4.74 Å². The van der Waals surface area contributed by atoms with Gasteiger partial charge in [0, 0.05) is 5.33 Å². The number of alkyl halides is 1. The van der Waals surface area contributed by atoms with Crippen molar-refractivity contribution in [2.75, 3.05) is 11.9 Å². The van der Waals surface area contributed by atoms with Crippen molar-refractivity contribution < 1.29 is 9.84 Å². The molecule has 0 fully saturated rings. The highest BCUT2D eigenvalue weighted by Gasteiger charge is 2.06. The molecule has 1 aromatic carbocycles. The van der Waals surface area contributed by atoms with Crippen LogP contribution >= 0.6 is 15.9 Å². The number of aliphatic hydroxyl groups excluding tert-OH is 1. The number of aryl methyl sites for hydroxylation is 2. The Kier molecular flexibility index (Phi) is 4.42. The third-order valence-corrected chi connectivity index (χ3v) is 2.75. The first-order chi connectivity index (χ1) is 6.65. The Labute approximate surface area is 93.0 Å². The molecule has 1 N–H and O–H groups in total. The summed E-state index contributed by atoms with van der Waals surface area (Å²) < 4.78 is 5.54. The van der Waals surface area contributed by atoms with Crippen molar-refractivity contribution in [2.24, 2.45) is 0 Å². The molecule has 0 heterocycles. The van der Waals surface area contributed by atoms with E-state index in [1.54, 1.807) is 0 Å². The highest BCUT2D eigenvalue weighted by Crippen LogP contribution is 2.22. The van der Waals surface area contributed by atoms with Crippen LogP contribution in [0.4, 0.5) is 0 Å². The van der Waals surface area contributed by atoms with E-state index >= 15 is 0 Å². The fourth-order valence-electron chi connectivity index (χ4n) is 1.25. The van der Waals surface area contributed by atoms with E-state index < -0.39 is 6.10 Å². The van der Waals surface area contributed by atoms with Crippen LogP contribution in [-0.4, -0.2) is 23.1 Å². The molecule has 0 amide bonds. The van der Waals surface area contributed by atoms with Gasteiger partial charge in [-0.1, -0.05) is 34.1 Å². The van der Waals surface area contributed by atoms with Gasteiger partial charge < -0.3 is 9.84 Å². The Hall–Kier alpha value is -0.540. The molecule has 1 aromatic rings. The second-order valence-electron chi connectivity index (χ2n) is 3.34. The van der Waals surface area contributed by atoms with Gasteiger partial charge in [-0.3, -0.25) is 0 Å². The maximum Gasteiger partial charge on any atom is 0.125 e. The molecule has 2 nitrogen and oxygen atoms in total. The third kappa shape index (κ3) is 3.00. The SMILES string of the molecule is Cc1cccc(C)c1OC[C@@H](O)CBr. The summed E-state index contributed by atoms with van der Waals surface area (Å²) in [5.74, 6) is 0.882. The topological polar surface area (TPSA) is 29.5 Å². The van der Waals surface area contributed by atoms with Crippen LogP contribution in [0.25, 0.3) is 0 Å². The summed E-state index contributed by atoms with van der Waals surface area (Å²) in [5, 5.41) is 9.87. The molecule has 0 aliphatic heterocycles. The Morgan fingerprint density at radius 3 is 2.43 bits per heavy atom. The molecule has 3 heteroatoms. The summed E-state index contributed by atoms with van der Waals surface area (Å²) in [6.45, 7) is 4.34. The number of ether oxygens (including phenoxy) is 1.